The summed E-state index contributed by atoms with van der Waals surface area (Å²) < 4.78 is 10.7. The van der Waals surface area contributed by atoms with Crippen LogP contribution in [0, 0.1) is 6.92 Å². The van der Waals surface area contributed by atoms with Gasteiger partial charge in [-0.25, -0.2) is 4.98 Å². The van der Waals surface area contributed by atoms with E-state index in [2.05, 4.69) is 10.3 Å². The van der Waals surface area contributed by atoms with Crippen LogP contribution >= 0.6 is 11.6 Å². The Labute approximate surface area is 157 Å². The first kappa shape index (κ1) is 19.7. The van der Waals surface area contributed by atoms with Gasteiger partial charge in [0.2, 0.25) is 0 Å². The fourth-order valence-corrected chi connectivity index (χ4v) is 2.14. The predicted octanol–water partition coefficient (Wildman–Crippen LogP) is 3.77. The summed E-state index contributed by atoms with van der Waals surface area (Å²) in [5, 5.41) is 3.02. The molecule has 0 spiro atoms. The topological polar surface area (TPSA) is 77.5 Å². The number of carbonyl (C=O) groups excluding carboxylic acids is 2. The van der Waals surface area contributed by atoms with Crippen molar-refractivity contribution < 1.29 is 19.1 Å². The van der Waals surface area contributed by atoms with Crippen LogP contribution in [0.15, 0.2) is 42.6 Å². The lowest BCUT2D eigenvalue weighted by Crippen LogP contribution is -2.30. The Morgan fingerprint density at radius 1 is 1.19 bits per heavy atom. The summed E-state index contributed by atoms with van der Waals surface area (Å²) in [5.41, 5.74) is 1.15. The largest absolute Gasteiger partial charge is 0.494 e. The monoisotopic (exact) mass is 376 g/mol. The molecule has 1 N–H and O–H groups in total. The average Bonchev–Trinajstić information content (AvgIpc) is 2.62. The number of benzene rings is 1. The molecular formula is C19H21ClN2O4. The van der Waals surface area contributed by atoms with Crippen LogP contribution in [0.4, 0.5) is 5.82 Å². The molecule has 0 bridgehead atoms. The van der Waals surface area contributed by atoms with Crippen molar-refractivity contribution in [3.8, 4) is 5.75 Å². The van der Waals surface area contributed by atoms with Gasteiger partial charge in [-0.3, -0.25) is 9.59 Å². The van der Waals surface area contributed by atoms with E-state index in [1.165, 1.54) is 13.1 Å². The van der Waals surface area contributed by atoms with Gasteiger partial charge in [-0.05, 0) is 44.5 Å². The van der Waals surface area contributed by atoms with Crippen LogP contribution in [0.1, 0.15) is 25.3 Å². The molecule has 1 aromatic carbocycles. The number of anilines is 1. The third-order valence-electron chi connectivity index (χ3n) is 3.47. The van der Waals surface area contributed by atoms with Gasteiger partial charge in [-0.2, -0.15) is 0 Å². The Morgan fingerprint density at radius 2 is 1.92 bits per heavy atom. The molecule has 0 radical (unpaired) electrons. The first-order valence-corrected chi connectivity index (χ1v) is 8.63. The number of pyridine rings is 1. The van der Waals surface area contributed by atoms with E-state index in [9.17, 15) is 9.59 Å². The molecule has 0 saturated carbocycles. The highest BCUT2D eigenvalue weighted by Crippen LogP contribution is 2.12. The lowest BCUT2D eigenvalue weighted by molar-refractivity contribution is -0.153. The normalized spacial score (nSPS) is 11.5. The fraction of sp³-hybridized carbons (Fsp3) is 0.316. The molecule has 0 aliphatic carbocycles. The molecule has 1 heterocycles. The van der Waals surface area contributed by atoms with Gasteiger partial charge in [0.15, 0.2) is 6.10 Å². The summed E-state index contributed by atoms with van der Waals surface area (Å²) in [5.74, 6) is 0.189. The van der Waals surface area contributed by atoms with Gasteiger partial charge in [0.1, 0.15) is 11.6 Å². The van der Waals surface area contributed by atoms with Gasteiger partial charge >= 0.3 is 5.97 Å². The summed E-state index contributed by atoms with van der Waals surface area (Å²) >= 11 is 5.73. The van der Waals surface area contributed by atoms with Crippen molar-refractivity contribution in [2.24, 2.45) is 0 Å². The number of aryl methyl sites for hydroxylation is 1. The van der Waals surface area contributed by atoms with Crippen LogP contribution in [-0.2, 0) is 14.3 Å². The molecule has 0 aliphatic rings. The number of rotatable bonds is 8. The van der Waals surface area contributed by atoms with Crippen molar-refractivity contribution in [2.45, 2.75) is 32.8 Å². The van der Waals surface area contributed by atoms with Crippen LogP contribution in [0.5, 0.6) is 5.75 Å². The van der Waals surface area contributed by atoms with Crippen molar-refractivity contribution in [3.63, 3.8) is 0 Å². The fourth-order valence-electron chi connectivity index (χ4n) is 2.03. The predicted molar refractivity (Wildman–Crippen MR) is 99.3 cm³/mol. The summed E-state index contributed by atoms with van der Waals surface area (Å²) in [4.78, 5) is 27.8. The summed E-state index contributed by atoms with van der Waals surface area (Å²) in [6.07, 6.45) is 1.17. The number of amides is 1. The highest BCUT2D eigenvalue weighted by atomic mass is 35.5. The van der Waals surface area contributed by atoms with E-state index >= 15 is 0 Å². The molecule has 1 amide bonds. The molecule has 2 rings (SSSR count). The molecule has 0 fully saturated rings. The Morgan fingerprint density at radius 3 is 2.58 bits per heavy atom. The van der Waals surface area contributed by atoms with Crippen molar-refractivity contribution in [3.05, 3.63) is 53.2 Å². The number of hydrogen-bond donors (Lipinski definition) is 1. The van der Waals surface area contributed by atoms with Gasteiger partial charge in [0.25, 0.3) is 5.91 Å². The standard InChI is InChI=1S/C19H21ClN2O4/c1-13-5-8-16(9-6-13)25-11-3-4-18(23)26-14(2)19(24)22-17-10-7-15(20)12-21-17/h5-10,12,14H,3-4,11H2,1-2H3,(H,21,22,24)/t14-/m1/s1. The highest BCUT2D eigenvalue weighted by molar-refractivity contribution is 6.30. The minimum atomic E-state index is -0.919. The molecule has 7 heteroatoms. The van der Waals surface area contributed by atoms with E-state index in [0.717, 1.165) is 11.3 Å². The van der Waals surface area contributed by atoms with Crippen LogP contribution in [0.2, 0.25) is 5.02 Å². The molecule has 1 atom stereocenters. The van der Waals surface area contributed by atoms with Crippen LogP contribution < -0.4 is 10.1 Å². The minimum absolute atomic E-state index is 0.169. The second kappa shape index (κ2) is 9.77. The van der Waals surface area contributed by atoms with Gasteiger partial charge in [-0.1, -0.05) is 29.3 Å². The molecule has 0 saturated heterocycles. The number of nitrogens with one attached hydrogen (secondary N) is 1. The number of ether oxygens (including phenoxy) is 2. The summed E-state index contributed by atoms with van der Waals surface area (Å²) in [6.45, 7) is 3.90. The van der Waals surface area contributed by atoms with Crippen molar-refractivity contribution in [2.75, 3.05) is 11.9 Å². The van der Waals surface area contributed by atoms with Crippen molar-refractivity contribution in [1.29, 1.82) is 0 Å². The number of hydrogen-bond acceptors (Lipinski definition) is 5. The average molecular weight is 377 g/mol. The van der Waals surface area contributed by atoms with Crippen LogP contribution in [0.3, 0.4) is 0 Å². The lowest BCUT2D eigenvalue weighted by atomic mass is 10.2. The maximum absolute atomic E-state index is 12.0. The molecule has 0 unspecified atom stereocenters. The molecule has 138 valence electrons. The second-order valence-corrected chi connectivity index (χ2v) is 6.18. The van der Waals surface area contributed by atoms with Gasteiger partial charge in [0.05, 0.1) is 11.6 Å². The molecule has 0 aliphatic heterocycles. The third-order valence-corrected chi connectivity index (χ3v) is 3.69. The number of nitrogens with zero attached hydrogens (tertiary/aromatic N) is 1. The zero-order valence-electron chi connectivity index (χ0n) is 14.7. The lowest BCUT2D eigenvalue weighted by Gasteiger charge is -2.13. The zero-order chi connectivity index (χ0) is 18.9. The zero-order valence-corrected chi connectivity index (χ0v) is 15.5. The molecule has 1 aromatic heterocycles. The molecular weight excluding hydrogens is 356 g/mol. The third kappa shape index (κ3) is 6.72. The Bertz CT molecular complexity index is 732. The van der Waals surface area contributed by atoms with E-state index in [4.69, 9.17) is 21.1 Å². The summed E-state index contributed by atoms with van der Waals surface area (Å²) in [7, 11) is 0. The quantitative estimate of drug-likeness (QED) is 0.560. The maximum Gasteiger partial charge on any atom is 0.306 e. The SMILES string of the molecule is Cc1ccc(OCCCC(=O)O[C@H](C)C(=O)Nc2ccc(Cl)cn2)cc1. The van der Waals surface area contributed by atoms with E-state index in [-0.39, 0.29) is 6.42 Å². The van der Waals surface area contributed by atoms with Crippen molar-refractivity contribution >= 4 is 29.3 Å². The minimum Gasteiger partial charge on any atom is -0.494 e. The van der Waals surface area contributed by atoms with E-state index in [1.807, 2.05) is 31.2 Å². The Kier molecular flexibility index (Phi) is 7.41. The molecule has 2 aromatic rings. The van der Waals surface area contributed by atoms with E-state index < -0.39 is 18.0 Å². The first-order chi connectivity index (χ1) is 12.4. The summed E-state index contributed by atoms with van der Waals surface area (Å²) in [6, 6.07) is 10.8. The second-order valence-electron chi connectivity index (χ2n) is 5.75. The number of esters is 1. The van der Waals surface area contributed by atoms with E-state index in [0.29, 0.717) is 23.9 Å². The van der Waals surface area contributed by atoms with Gasteiger partial charge in [0, 0.05) is 12.6 Å². The molecule has 26 heavy (non-hydrogen) atoms. The molecule has 6 nitrogen and oxygen atoms in total. The first-order valence-electron chi connectivity index (χ1n) is 8.25. The number of carbonyl (C=O) groups is 2. The number of halogens is 1. The van der Waals surface area contributed by atoms with Crippen LogP contribution in [0.25, 0.3) is 0 Å². The Hall–Kier alpha value is -2.60. The van der Waals surface area contributed by atoms with Gasteiger partial charge < -0.3 is 14.8 Å². The Balaban J connectivity index is 1.66. The van der Waals surface area contributed by atoms with Gasteiger partial charge in [-0.15, -0.1) is 0 Å². The maximum atomic E-state index is 12.0. The van der Waals surface area contributed by atoms with Crippen LogP contribution in [-0.4, -0.2) is 29.6 Å². The number of aromatic nitrogens is 1. The highest BCUT2D eigenvalue weighted by Gasteiger charge is 2.18. The van der Waals surface area contributed by atoms with Crippen molar-refractivity contribution in [1.82, 2.24) is 4.98 Å². The smallest absolute Gasteiger partial charge is 0.306 e. The van der Waals surface area contributed by atoms with E-state index in [1.54, 1.807) is 12.1 Å².